The first-order chi connectivity index (χ1) is 10.6. The molecule has 128 valence electrons. The van der Waals surface area contributed by atoms with Gasteiger partial charge in [0.25, 0.3) is 0 Å². The molecule has 0 unspecified atom stereocenters. The molecule has 3 nitrogen and oxygen atoms in total. The van der Waals surface area contributed by atoms with E-state index in [1.54, 1.807) is 0 Å². The van der Waals surface area contributed by atoms with Gasteiger partial charge in [0.1, 0.15) is 17.3 Å². The molecular formula is C19H34O3. The summed E-state index contributed by atoms with van der Waals surface area (Å²) in [7, 11) is 0. The van der Waals surface area contributed by atoms with Crippen molar-refractivity contribution in [3.63, 3.8) is 0 Å². The molecular weight excluding hydrogens is 276 g/mol. The van der Waals surface area contributed by atoms with Crippen molar-refractivity contribution in [2.75, 3.05) is 0 Å². The quantitative estimate of drug-likeness (QED) is 0.368. The summed E-state index contributed by atoms with van der Waals surface area (Å²) < 4.78 is 0. The Labute approximate surface area is 136 Å². The van der Waals surface area contributed by atoms with E-state index in [0.717, 1.165) is 51.4 Å². The molecule has 0 fully saturated rings. The predicted molar refractivity (Wildman–Crippen MR) is 91.0 cm³/mol. The van der Waals surface area contributed by atoms with Gasteiger partial charge < -0.3 is 4.79 Å². The molecule has 0 aliphatic rings. The van der Waals surface area contributed by atoms with Crippen molar-refractivity contribution >= 4 is 17.3 Å². The Balaban J connectivity index is 3.25. The minimum absolute atomic E-state index is 0.0986. The first-order valence-electron chi connectivity index (χ1n) is 9.09. The molecule has 0 N–H and O–H groups in total. The van der Waals surface area contributed by atoms with Crippen molar-refractivity contribution in [1.29, 1.82) is 0 Å². The van der Waals surface area contributed by atoms with E-state index in [2.05, 4.69) is 6.92 Å². The molecule has 0 heterocycles. The summed E-state index contributed by atoms with van der Waals surface area (Å²) in [5.74, 6) is 0.744. The first-order valence-corrected chi connectivity index (χ1v) is 9.09. The van der Waals surface area contributed by atoms with Gasteiger partial charge in [-0.2, -0.15) is 0 Å². The van der Waals surface area contributed by atoms with Gasteiger partial charge in [-0.15, -0.1) is 0 Å². The topological polar surface area (TPSA) is 51.2 Å². The lowest BCUT2D eigenvalue weighted by Crippen LogP contribution is -2.01. The second-order valence-electron chi connectivity index (χ2n) is 6.36. The van der Waals surface area contributed by atoms with Crippen LogP contribution in [0.5, 0.6) is 0 Å². The minimum Gasteiger partial charge on any atom is -0.300 e. The van der Waals surface area contributed by atoms with Gasteiger partial charge in [-0.1, -0.05) is 45.4 Å². The van der Waals surface area contributed by atoms with E-state index in [4.69, 9.17) is 0 Å². The van der Waals surface area contributed by atoms with Crippen molar-refractivity contribution in [3.8, 4) is 0 Å². The van der Waals surface area contributed by atoms with Gasteiger partial charge >= 0.3 is 0 Å². The maximum Gasteiger partial charge on any atom is 0.133 e. The number of hydrogen-bond acceptors (Lipinski definition) is 3. The van der Waals surface area contributed by atoms with E-state index in [9.17, 15) is 14.4 Å². The van der Waals surface area contributed by atoms with Crippen molar-refractivity contribution in [2.45, 2.75) is 104 Å². The number of ketones is 3. The molecule has 0 atom stereocenters. The molecule has 0 saturated carbocycles. The number of hydrogen-bond donors (Lipinski definition) is 0. The van der Waals surface area contributed by atoms with Gasteiger partial charge in [-0.05, 0) is 26.2 Å². The van der Waals surface area contributed by atoms with E-state index < -0.39 is 0 Å². The summed E-state index contributed by atoms with van der Waals surface area (Å²) in [6.45, 7) is 3.65. The lowest BCUT2D eigenvalue weighted by molar-refractivity contribution is -0.123. The summed E-state index contributed by atoms with van der Waals surface area (Å²) in [5, 5.41) is 0. The van der Waals surface area contributed by atoms with Gasteiger partial charge in [0, 0.05) is 32.1 Å². The molecule has 0 aromatic rings. The number of Topliss-reactive ketones (excluding diaryl/α,β-unsaturated/α-hetero) is 3. The van der Waals surface area contributed by atoms with Gasteiger partial charge in [0.05, 0.1) is 0 Å². The predicted octanol–water partition coefficient (Wildman–Crippen LogP) is 5.19. The molecule has 0 radical (unpaired) electrons. The molecule has 3 heteroatoms. The standard InChI is InChI=1S/C19H34O3/c1-3-4-12-18(21)13-10-8-6-5-7-9-11-14-19(22)16-15-17(2)20/h3-16H2,1-2H3. The zero-order valence-electron chi connectivity index (χ0n) is 14.6. The summed E-state index contributed by atoms with van der Waals surface area (Å²) in [6, 6.07) is 0. The second kappa shape index (κ2) is 14.9. The molecule has 0 saturated heterocycles. The van der Waals surface area contributed by atoms with Crippen molar-refractivity contribution in [1.82, 2.24) is 0 Å². The molecule has 0 aromatic heterocycles. The van der Waals surface area contributed by atoms with Crippen LogP contribution in [0, 0.1) is 0 Å². The van der Waals surface area contributed by atoms with Crippen LogP contribution in [0.2, 0.25) is 0 Å². The van der Waals surface area contributed by atoms with E-state index in [1.165, 1.54) is 26.2 Å². The second-order valence-corrected chi connectivity index (χ2v) is 6.36. The third kappa shape index (κ3) is 15.4. The van der Waals surface area contributed by atoms with Gasteiger partial charge in [0.15, 0.2) is 0 Å². The van der Waals surface area contributed by atoms with Crippen LogP contribution in [0.1, 0.15) is 104 Å². The van der Waals surface area contributed by atoms with Crippen LogP contribution in [-0.2, 0) is 14.4 Å². The van der Waals surface area contributed by atoms with Crippen LogP contribution in [0.3, 0.4) is 0 Å². The summed E-state index contributed by atoms with van der Waals surface area (Å²) >= 11 is 0. The van der Waals surface area contributed by atoms with Gasteiger partial charge in [-0.25, -0.2) is 0 Å². The molecule has 0 aliphatic heterocycles. The van der Waals surface area contributed by atoms with Crippen LogP contribution in [0.4, 0.5) is 0 Å². The molecule has 0 rings (SSSR count). The Morgan fingerprint density at radius 2 is 0.955 bits per heavy atom. The normalized spacial score (nSPS) is 10.6. The number of rotatable bonds is 16. The van der Waals surface area contributed by atoms with Crippen LogP contribution in [0.15, 0.2) is 0 Å². The fourth-order valence-corrected chi connectivity index (χ4v) is 2.47. The Morgan fingerprint density at radius 3 is 1.41 bits per heavy atom. The number of unbranched alkanes of at least 4 members (excludes halogenated alkanes) is 7. The van der Waals surface area contributed by atoms with Gasteiger partial charge in [0.2, 0.25) is 0 Å². The fraction of sp³-hybridized carbons (Fsp3) is 0.842. The lowest BCUT2D eigenvalue weighted by atomic mass is 10.0. The van der Waals surface area contributed by atoms with Crippen molar-refractivity contribution in [3.05, 3.63) is 0 Å². The summed E-state index contributed by atoms with van der Waals surface area (Å²) in [5.41, 5.74) is 0. The molecule has 22 heavy (non-hydrogen) atoms. The maximum absolute atomic E-state index is 11.5. The summed E-state index contributed by atoms with van der Waals surface area (Å²) in [4.78, 5) is 33.7. The molecule has 0 aliphatic carbocycles. The Hall–Kier alpha value is -0.990. The maximum atomic E-state index is 11.5. The van der Waals surface area contributed by atoms with Crippen LogP contribution < -0.4 is 0 Å². The minimum atomic E-state index is 0.0986. The van der Waals surface area contributed by atoms with E-state index >= 15 is 0 Å². The van der Waals surface area contributed by atoms with Gasteiger partial charge in [-0.3, -0.25) is 9.59 Å². The SMILES string of the molecule is CCCCC(=O)CCCCCCCCCC(=O)CCC(C)=O. The number of carbonyl (C=O) groups excluding carboxylic acids is 3. The Kier molecular flexibility index (Phi) is 14.3. The molecule has 0 aromatic carbocycles. The van der Waals surface area contributed by atoms with Crippen molar-refractivity contribution in [2.24, 2.45) is 0 Å². The third-order valence-corrected chi connectivity index (χ3v) is 3.98. The fourth-order valence-electron chi connectivity index (χ4n) is 2.47. The molecule has 0 amide bonds. The zero-order valence-corrected chi connectivity index (χ0v) is 14.6. The smallest absolute Gasteiger partial charge is 0.133 e. The largest absolute Gasteiger partial charge is 0.300 e. The van der Waals surface area contributed by atoms with E-state index in [0.29, 0.717) is 25.0 Å². The zero-order chi connectivity index (χ0) is 16.6. The van der Waals surface area contributed by atoms with Crippen LogP contribution >= 0.6 is 0 Å². The highest BCUT2D eigenvalue weighted by atomic mass is 16.1. The highest BCUT2D eigenvalue weighted by Gasteiger charge is 2.04. The van der Waals surface area contributed by atoms with E-state index in [1.807, 2.05) is 0 Å². The third-order valence-electron chi connectivity index (χ3n) is 3.98. The van der Waals surface area contributed by atoms with Crippen molar-refractivity contribution < 1.29 is 14.4 Å². The first kappa shape index (κ1) is 21.0. The highest BCUT2D eigenvalue weighted by Crippen LogP contribution is 2.12. The average Bonchev–Trinajstić information content (AvgIpc) is 2.49. The lowest BCUT2D eigenvalue weighted by Gasteiger charge is -2.02. The monoisotopic (exact) mass is 310 g/mol. The Morgan fingerprint density at radius 1 is 0.545 bits per heavy atom. The van der Waals surface area contributed by atoms with Crippen LogP contribution in [0.25, 0.3) is 0 Å². The molecule has 0 bridgehead atoms. The van der Waals surface area contributed by atoms with Crippen LogP contribution in [-0.4, -0.2) is 17.3 Å². The summed E-state index contributed by atoms with van der Waals surface area (Å²) in [6.07, 6.45) is 12.9. The molecule has 0 spiro atoms. The van der Waals surface area contributed by atoms with E-state index in [-0.39, 0.29) is 11.6 Å². The highest BCUT2D eigenvalue weighted by molar-refractivity contribution is 5.84. The average molecular weight is 310 g/mol. The Bertz CT molecular complexity index is 321. The number of carbonyl (C=O) groups is 3.